The van der Waals surface area contributed by atoms with Crippen LogP contribution in [-0.2, 0) is 9.47 Å². The quantitative estimate of drug-likeness (QED) is 0.631. The van der Waals surface area contributed by atoms with Crippen molar-refractivity contribution >= 4 is 11.9 Å². The first-order chi connectivity index (χ1) is 9.72. The molecule has 1 atom stereocenters. The van der Waals surface area contributed by atoms with Gasteiger partial charge in [-0.3, -0.25) is 4.79 Å². The number of hydrogen-bond acceptors (Lipinski definition) is 4. The second-order valence-corrected chi connectivity index (χ2v) is 4.09. The minimum Gasteiger partial charge on any atom is -0.438 e. The normalized spacial score (nSPS) is 11.4. The van der Waals surface area contributed by atoms with Crippen molar-refractivity contribution in [3.8, 4) is 0 Å². The van der Waals surface area contributed by atoms with Gasteiger partial charge in [-0.15, -0.1) is 0 Å². The lowest BCUT2D eigenvalue weighted by molar-refractivity contribution is 0.0323. The highest BCUT2D eigenvalue weighted by Gasteiger charge is 2.26. The Morgan fingerprint density at radius 1 is 0.900 bits per heavy atom. The van der Waals surface area contributed by atoms with Gasteiger partial charge in [-0.05, 0) is 0 Å². The lowest BCUT2D eigenvalue weighted by atomic mass is 10.00. The fraction of sp³-hybridized carbons (Fsp3) is 0.125. The summed E-state index contributed by atoms with van der Waals surface area (Å²) in [6.45, 7) is 0. The molecular formula is C16H14O4. The smallest absolute Gasteiger partial charge is 0.438 e. The van der Waals surface area contributed by atoms with Crippen molar-refractivity contribution in [2.45, 2.75) is 6.10 Å². The third-order valence-corrected chi connectivity index (χ3v) is 2.78. The second kappa shape index (κ2) is 6.52. The molecule has 2 aromatic rings. The van der Waals surface area contributed by atoms with Crippen LogP contribution in [0.5, 0.6) is 0 Å². The Kier molecular flexibility index (Phi) is 4.50. The van der Waals surface area contributed by atoms with Gasteiger partial charge in [-0.1, -0.05) is 60.7 Å². The summed E-state index contributed by atoms with van der Waals surface area (Å²) in [5, 5.41) is 0. The number of ketones is 1. The van der Waals surface area contributed by atoms with Gasteiger partial charge in [0.1, 0.15) is 0 Å². The van der Waals surface area contributed by atoms with Crippen molar-refractivity contribution in [2.24, 2.45) is 0 Å². The summed E-state index contributed by atoms with van der Waals surface area (Å²) < 4.78 is 9.57. The van der Waals surface area contributed by atoms with Crippen LogP contribution >= 0.6 is 0 Å². The highest BCUT2D eigenvalue weighted by atomic mass is 16.7. The predicted octanol–water partition coefficient (Wildman–Crippen LogP) is 3.39. The van der Waals surface area contributed by atoms with E-state index >= 15 is 0 Å². The van der Waals surface area contributed by atoms with Crippen LogP contribution in [0.4, 0.5) is 4.79 Å². The summed E-state index contributed by atoms with van der Waals surface area (Å²) in [6.07, 6.45) is -1.89. The highest BCUT2D eigenvalue weighted by Crippen LogP contribution is 2.22. The number of rotatable bonds is 4. The summed E-state index contributed by atoms with van der Waals surface area (Å²) >= 11 is 0. The van der Waals surface area contributed by atoms with E-state index < -0.39 is 12.3 Å². The van der Waals surface area contributed by atoms with E-state index in [1.54, 1.807) is 48.5 Å². The highest BCUT2D eigenvalue weighted by molar-refractivity contribution is 6.00. The van der Waals surface area contributed by atoms with E-state index in [2.05, 4.69) is 4.74 Å². The Morgan fingerprint density at radius 3 is 2.00 bits per heavy atom. The summed E-state index contributed by atoms with van der Waals surface area (Å²) in [4.78, 5) is 23.8. The number of methoxy groups -OCH3 is 1. The first kappa shape index (κ1) is 13.8. The number of carbonyl (C=O) groups excluding carboxylic acids is 2. The van der Waals surface area contributed by atoms with Gasteiger partial charge in [0.2, 0.25) is 5.78 Å². The minimum atomic E-state index is -1.01. The van der Waals surface area contributed by atoms with Gasteiger partial charge < -0.3 is 9.47 Å². The van der Waals surface area contributed by atoms with Crippen LogP contribution in [0.15, 0.2) is 60.7 Å². The van der Waals surface area contributed by atoms with Crippen molar-refractivity contribution in [2.75, 3.05) is 7.11 Å². The topological polar surface area (TPSA) is 52.6 Å². The lowest BCUT2D eigenvalue weighted by Crippen LogP contribution is -2.20. The Labute approximate surface area is 116 Å². The molecule has 0 radical (unpaired) electrons. The summed E-state index contributed by atoms with van der Waals surface area (Å²) in [7, 11) is 1.21. The fourth-order valence-electron chi connectivity index (χ4n) is 1.80. The van der Waals surface area contributed by atoms with Crippen molar-refractivity contribution in [3.63, 3.8) is 0 Å². The molecule has 2 rings (SSSR count). The number of carbonyl (C=O) groups is 2. The zero-order valence-corrected chi connectivity index (χ0v) is 11.0. The number of Topliss-reactive ketones (excluding diaryl/α,β-unsaturated/α-hetero) is 1. The van der Waals surface area contributed by atoms with Crippen LogP contribution in [0.1, 0.15) is 22.0 Å². The first-order valence-electron chi connectivity index (χ1n) is 6.11. The molecule has 0 aliphatic heterocycles. The molecule has 4 heteroatoms. The molecule has 0 saturated heterocycles. The van der Waals surface area contributed by atoms with Gasteiger partial charge in [0.25, 0.3) is 0 Å². The zero-order chi connectivity index (χ0) is 14.4. The second-order valence-electron chi connectivity index (χ2n) is 4.09. The van der Waals surface area contributed by atoms with E-state index in [4.69, 9.17) is 4.74 Å². The van der Waals surface area contributed by atoms with E-state index in [9.17, 15) is 9.59 Å². The van der Waals surface area contributed by atoms with Crippen LogP contribution < -0.4 is 0 Å². The molecule has 0 heterocycles. The molecule has 0 unspecified atom stereocenters. The number of hydrogen-bond donors (Lipinski definition) is 0. The molecular weight excluding hydrogens is 256 g/mol. The predicted molar refractivity (Wildman–Crippen MR) is 73.4 cm³/mol. The van der Waals surface area contributed by atoms with Crippen LogP contribution in [0.25, 0.3) is 0 Å². The van der Waals surface area contributed by atoms with Gasteiger partial charge in [0.05, 0.1) is 7.11 Å². The Balaban J connectivity index is 2.32. The third kappa shape index (κ3) is 3.23. The summed E-state index contributed by atoms with van der Waals surface area (Å²) in [5.74, 6) is -0.290. The van der Waals surface area contributed by atoms with E-state index in [-0.39, 0.29) is 5.78 Å². The van der Waals surface area contributed by atoms with Crippen molar-refractivity contribution in [1.82, 2.24) is 0 Å². The molecule has 0 N–H and O–H groups in total. The molecule has 0 aliphatic rings. The Morgan fingerprint density at radius 2 is 1.45 bits per heavy atom. The molecule has 20 heavy (non-hydrogen) atoms. The third-order valence-electron chi connectivity index (χ3n) is 2.78. The Bertz CT molecular complexity index is 578. The lowest BCUT2D eigenvalue weighted by Gasteiger charge is -2.16. The molecule has 0 fully saturated rings. The van der Waals surface area contributed by atoms with Crippen LogP contribution in [0, 0.1) is 0 Å². The average molecular weight is 270 g/mol. The summed E-state index contributed by atoms with van der Waals surface area (Å²) in [6, 6.07) is 17.5. The monoisotopic (exact) mass is 270 g/mol. The molecule has 2 aromatic carbocycles. The maximum absolute atomic E-state index is 12.5. The molecule has 0 aromatic heterocycles. The minimum absolute atomic E-state index is 0.290. The fourth-order valence-corrected chi connectivity index (χ4v) is 1.80. The number of ether oxygens (including phenoxy) is 2. The molecule has 0 spiro atoms. The molecule has 102 valence electrons. The largest absolute Gasteiger partial charge is 0.509 e. The van der Waals surface area contributed by atoms with Gasteiger partial charge in [-0.2, -0.15) is 0 Å². The van der Waals surface area contributed by atoms with Crippen molar-refractivity contribution in [1.29, 1.82) is 0 Å². The molecule has 0 aliphatic carbocycles. The van der Waals surface area contributed by atoms with Gasteiger partial charge >= 0.3 is 6.16 Å². The van der Waals surface area contributed by atoms with E-state index in [1.165, 1.54) is 7.11 Å². The van der Waals surface area contributed by atoms with Crippen molar-refractivity contribution < 1.29 is 19.1 Å². The Hall–Kier alpha value is -2.62. The summed E-state index contributed by atoms with van der Waals surface area (Å²) in [5.41, 5.74) is 1.08. The van der Waals surface area contributed by atoms with E-state index in [0.29, 0.717) is 11.1 Å². The van der Waals surface area contributed by atoms with Crippen molar-refractivity contribution in [3.05, 3.63) is 71.8 Å². The van der Waals surface area contributed by atoms with E-state index in [1.807, 2.05) is 12.1 Å². The van der Waals surface area contributed by atoms with Gasteiger partial charge in [0.15, 0.2) is 6.10 Å². The van der Waals surface area contributed by atoms with Gasteiger partial charge in [-0.25, -0.2) is 4.79 Å². The SMILES string of the molecule is COC(=O)O[C@@H](C(=O)c1ccccc1)c1ccccc1. The molecule has 0 bridgehead atoms. The molecule has 0 saturated carbocycles. The maximum Gasteiger partial charge on any atom is 0.509 e. The standard InChI is InChI=1S/C16H14O4/c1-19-16(18)20-15(13-10-6-3-7-11-13)14(17)12-8-4-2-5-9-12/h2-11,15H,1H3/t15-/m1/s1. The average Bonchev–Trinajstić information content (AvgIpc) is 2.53. The van der Waals surface area contributed by atoms with E-state index in [0.717, 1.165) is 0 Å². The van der Waals surface area contributed by atoms with Crippen LogP contribution in [0.2, 0.25) is 0 Å². The maximum atomic E-state index is 12.5. The molecule has 0 amide bonds. The van der Waals surface area contributed by atoms with Crippen LogP contribution in [0.3, 0.4) is 0 Å². The first-order valence-corrected chi connectivity index (χ1v) is 6.11. The van der Waals surface area contributed by atoms with Gasteiger partial charge in [0, 0.05) is 11.1 Å². The molecule has 4 nitrogen and oxygen atoms in total. The number of benzene rings is 2. The van der Waals surface area contributed by atoms with Crippen LogP contribution in [-0.4, -0.2) is 19.0 Å². The zero-order valence-electron chi connectivity index (χ0n) is 11.0.